The van der Waals surface area contributed by atoms with Crippen LogP contribution in [-0.4, -0.2) is 27.5 Å². The third-order valence-electron chi connectivity index (χ3n) is 3.56. The molecule has 0 aliphatic carbocycles. The molecule has 0 bridgehead atoms. The second-order valence-corrected chi connectivity index (χ2v) is 5.31. The highest BCUT2D eigenvalue weighted by molar-refractivity contribution is 6.04. The second kappa shape index (κ2) is 7.04. The number of esters is 1. The fraction of sp³-hybridized carbons (Fsp3) is 0.222. The second-order valence-electron chi connectivity index (χ2n) is 5.31. The number of hydrogen-bond acceptors (Lipinski definition) is 6. The number of fused-ring (bicyclic) bond motifs is 1. The van der Waals surface area contributed by atoms with Crippen LogP contribution < -0.4 is 5.32 Å². The van der Waals surface area contributed by atoms with Gasteiger partial charge in [-0.05, 0) is 37.6 Å². The summed E-state index contributed by atoms with van der Waals surface area (Å²) in [6.45, 7) is 4.53. The molecule has 0 aliphatic heterocycles. The maximum Gasteiger partial charge on any atom is 0.341 e. The van der Waals surface area contributed by atoms with Crippen LogP contribution >= 0.6 is 0 Å². The predicted octanol–water partition coefficient (Wildman–Crippen LogP) is 3.12. The van der Waals surface area contributed by atoms with Crippen molar-refractivity contribution in [3.05, 3.63) is 59.7 Å². The molecule has 0 saturated carbocycles. The summed E-state index contributed by atoms with van der Waals surface area (Å²) in [6, 6.07) is 7.65. The molecule has 0 amide bonds. The van der Waals surface area contributed by atoms with Gasteiger partial charge in [0.15, 0.2) is 5.65 Å². The zero-order valence-electron chi connectivity index (χ0n) is 13.6. The number of carbonyl (C=O) groups is 1. The van der Waals surface area contributed by atoms with Gasteiger partial charge in [0.25, 0.3) is 0 Å². The minimum Gasteiger partial charge on any atom is -0.462 e. The largest absolute Gasteiger partial charge is 0.462 e. The van der Waals surface area contributed by atoms with Crippen molar-refractivity contribution in [1.29, 1.82) is 0 Å². The zero-order chi connectivity index (χ0) is 16.9. The highest BCUT2D eigenvalue weighted by atomic mass is 16.5. The summed E-state index contributed by atoms with van der Waals surface area (Å²) < 4.78 is 5.14. The molecule has 1 N–H and O–H groups in total. The van der Waals surface area contributed by atoms with Gasteiger partial charge in [-0.3, -0.25) is 4.98 Å². The molecule has 0 fully saturated rings. The molecule has 0 radical (unpaired) electrons. The van der Waals surface area contributed by atoms with Gasteiger partial charge in [0, 0.05) is 36.2 Å². The maximum absolute atomic E-state index is 12.3. The van der Waals surface area contributed by atoms with E-state index in [0.29, 0.717) is 30.0 Å². The van der Waals surface area contributed by atoms with E-state index in [1.165, 1.54) is 6.20 Å². The monoisotopic (exact) mass is 322 g/mol. The number of ether oxygens (including phenoxy) is 1. The number of rotatable bonds is 5. The van der Waals surface area contributed by atoms with Crippen molar-refractivity contribution >= 4 is 22.7 Å². The fourth-order valence-corrected chi connectivity index (χ4v) is 2.42. The molecule has 122 valence electrons. The summed E-state index contributed by atoms with van der Waals surface area (Å²) in [5.41, 5.74) is 3.56. The number of nitrogens with zero attached hydrogens (tertiary/aromatic N) is 3. The van der Waals surface area contributed by atoms with Crippen molar-refractivity contribution in [2.24, 2.45) is 0 Å². The molecule has 6 nitrogen and oxygen atoms in total. The zero-order valence-corrected chi connectivity index (χ0v) is 13.6. The van der Waals surface area contributed by atoms with Gasteiger partial charge in [0.2, 0.25) is 0 Å². The van der Waals surface area contributed by atoms with Gasteiger partial charge in [-0.15, -0.1) is 0 Å². The summed E-state index contributed by atoms with van der Waals surface area (Å²) in [6.07, 6.45) is 5.02. The molecule has 6 heteroatoms. The highest BCUT2D eigenvalue weighted by Gasteiger charge is 2.17. The number of anilines is 1. The van der Waals surface area contributed by atoms with E-state index in [0.717, 1.165) is 16.6 Å². The Kier molecular flexibility index (Phi) is 4.65. The number of nitrogens with one attached hydrogen (secondary N) is 1. The minimum absolute atomic E-state index is 0.311. The lowest BCUT2D eigenvalue weighted by atomic mass is 10.1. The van der Waals surface area contributed by atoms with Crippen molar-refractivity contribution in [2.45, 2.75) is 20.4 Å². The number of aryl methyl sites for hydroxylation is 1. The summed E-state index contributed by atoms with van der Waals surface area (Å²) in [4.78, 5) is 25.1. The molecule has 0 atom stereocenters. The number of aromatic nitrogens is 3. The Labute approximate surface area is 139 Å². The first-order valence-electron chi connectivity index (χ1n) is 7.75. The van der Waals surface area contributed by atoms with Crippen molar-refractivity contribution < 1.29 is 9.53 Å². The topological polar surface area (TPSA) is 77.0 Å². The smallest absolute Gasteiger partial charge is 0.341 e. The van der Waals surface area contributed by atoms with Crippen LogP contribution in [-0.2, 0) is 11.3 Å². The van der Waals surface area contributed by atoms with Crippen LogP contribution in [0.15, 0.2) is 42.9 Å². The summed E-state index contributed by atoms with van der Waals surface area (Å²) in [5, 5.41) is 4.10. The number of carbonyl (C=O) groups excluding carboxylic acids is 1. The molecule has 0 aliphatic rings. The quantitative estimate of drug-likeness (QED) is 0.727. The van der Waals surface area contributed by atoms with Gasteiger partial charge in [-0.25, -0.2) is 14.8 Å². The molecule has 24 heavy (non-hydrogen) atoms. The Morgan fingerprint density at radius 1 is 1.25 bits per heavy atom. The lowest BCUT2D eigenvalue weighted by molar-refractivity contribution is 0.0527. The van der Waals surface area contributed by atoms with Crippen molar-refractivity contribution in [2.75, 3.05) is 11.9 Å². The van der Waals surface area contributed by atoms with E-state index in [2.05, 4.69) is 20.3 Å². The van der Waals surface area contributed by atoms with Gasteiger partial charge in [0.1, 0.15) is 5.56 Å². The van der Waals surface area contributed by atoms with E-state index in [4.69, 9.17) is 4.74 Å². The lowest BCUT2D eigenvalue weighted by Gasteiger charge is -2.14. The van der Waals surface area contributed by atoms with Crippen molar-refractivity contribution in [3.8, 4) is 0 Å². The van der Waals surface area contributed by atoms with Crippen LogP contribution in [0.25, 0.3) is 11.0 Å². The van der Waals surface area contributed by atoms with Gasteiger partial charge in [0.05, 0.1) is 12.3 Å². The molecule has 0 aromatic carbocycles. The average Bonchev–Trinajstić information content (AvgIpc) is 2.60. The summed E-state index contributed by atoms with van der Waals surface area (Å²) in [5.74, 6) is -0.402. The van der Waals surface area contributed by atoms with Crippen LogP contribution in [0.4, 0.5) is 5.69 Å². The molecular formula is C18H18N4O2. The van der Waals surface area contributed by atoms with Gasteiger partial charge in [-0.2, -0.15) is 0 Å². The molecule has 0 saturated heterocycles. The van der Waals surface area contributed by atoms with Crippen LogP contribution in [0.5, 0.6) is 0 Å². The third kappa shape index (κ3) is 3.32. The van der Waals surface area contributed by atoms with E-state index in [9.17, 15) is 4.79 Å². The normalized spacial score (nSPS) is 10.6. The molecule has 3 heterocycles. The van der Waals surface area contributed by atoms with Crippen LogP contribution in [0.1, 0.15) is 28.5 Å². The molecule has 0 spiro atoms. The Bertz CT molecular complexity index is 866. The Morgan fingerprint density at radius 3 is 2.88 bits per heavy atom. The van der Waals surface area contributed by atoms with Crippen LogP contribution in [0.2, 0.25) is 0 Å². The highest BCUT2D eigenvalue weighted by Crippen LogP contribution is 2.26. The van der Waals surface area contributed by atoms with Crippen molar-refractivity contribution in [1.82, 2.24) is 15.0 Å². The van der Waals surface area contributed by atoms with E-state index >= 15 is 0 Å². The Hall–Kier alpha value is -3.02. The number of pyridine rings is 3. The first-order valence-corrected chi connectivity index (χ1v) is 7.75. The van der Waals surface area contributed by atoms with E-state index in [-0.39, 0.29) is 0 Å². The maximum atomic E-state index is 12.3. The van der Waals surface area contributed by atoms with Crippen LogP contribution in [0.3, 0.4) is 0 Å². The van der Waals surface area contributed by atoms with E-state index < -0.39 is 5.97 Å². The standard InChI is InChI=1S/C18H18N4O2/c1-3-24-18(23)15-11-21-17-14(7-6-12(2)22-17)16(15)20-10-13-5-4-8-19-9-13/h4-9,11H,3,10H2,1-2H3,(H,20,21,22). The predicted molar refractivity (Wildman–Crippen MR) is 91.8 cm³/mol. The fourth-order valence-electron chi connectivity index (χ4n) is 2.42. The number of hydrogen-bond donors (Lipinski definition) is 1. The first kappa shape index (κ1) is 15.9. The van der Waals surface area contributed by atoms with Gasteiger partial charge >= 0.3 is 5.97 Å². The van der Waals surface area contributed by atoms with Gasteiger partial charge in [-0.1, -0.05) is 6.07 Å². The first-order chi connectivity index (χ1) is 11.7. The molecule has 3 aromatic heterocycles. The molecule has 3 aromatic rings. The Balaban J connectivity index is 2.03. The summed E-state index contributed by atoms with van der Waals surface area (Å²) in [7, 11) is 0. The average molecular weight is 322 g/mol. The Morgan fingerprint density at radius 2 is 2.12 bits per heavy atom. The minimum atomic E-state index is -0.402. The summed E-state index contributed by atoms with van der Waals surface area (Å²) >= 11 is 0. The van der Waals surface area contributed by atoms with Crippen molar-refractivity contribution in [3.63, 3.8) is 0 Å². The SMILES string of the molecule is CCOC(=O)c1cnc2nc(C)ccc2c1NCc1cccnc1. The molecular weight excluding hydrogens is 304 g/mol. The van der Waals surface area contributed by atoms with Gasteiger partial charge < -0.3 is 10.1 Å². The lowest BCUT2D eigenvalue weighted by Crippen LogP contribution is -2.11. The third-order valence-corrected chi connectivity index (χ3v) is 3.56. The molecule has 0 unspecified atom stereocenters. The molecule has 3 rings (SSSR count). The van der Waals surface area contributed by atoms with E-state index in [1.807, 2.05) is 31.2 Å². The van der Waals surface area contributed by atoms with E-state index in [1.54, 1.807) is 19.3 Å². The van der Waals surface area contributed by atoms with Crippen LogP contribution in [0, 0.1) is 6.92 Å².